The van der Waals surface area contributed by atoms with Gasteiger partial charge in [0.2, 0.25) is 5.95 Å². The Morgan fingerprint density at radius 2 is 1.81 bits per heavy atom. The molecular formula is C27H26N6O3. The molecule has 3 heterocycles. The SMILES string of the molecule is N#Cc1ccc(COC2CN(c3ccc(-c4cccc5nc(N)nn45)cc3)C2)cc1.O=C(O)C1CC1. The third-order valence-electron chi connectivity index (χ3n) is 6.25. The number of carbonyl (C=O) groups is 1. The fourth-order valence-electron chi connectivity index (χ4n) is 3.96. The van der Waals surface area contributed by atoms with Gasteiger partial charge in [0.25, 0.3) is 0 Å². The van der Waals surface area contributed by atoms with Gasteiger partial charge in [-0.05, 0) is 54.8 Å². The van der Waals surface area contributed by atoms with E-state index in [4.69, 9.17) is 20.8 Å². The average Bonchev–Trinajstić information content (AvgIpc) is 3.65. The summed E-state index contributed by atoms with van der Waals surface area (Å²) >= 11 is 0. The molecule has 2 aromatic heterocycles. The van der Waals surface area contributed by atoms with Crippen molar-refractivity contribution in [1.29, 1.82) is 5.26 Å². The zero-order valence-corrected chi connectivity index (χ0v) is 19.6. The molecule has 1 aliphatic carbocycles. The van der Waals surface area contributed by atoms with E-state index in [-0.39, 0.29) is 18.0 Å². The van der Waals surface area contributed by atoms with Crippen molar-refractivity contribution in [3.05, 3.63) is 77.9 Å². The summed E-state index contributed by atoms with van der Waals surface area (Å²) in [7, 11) is 0. The maximum absolute atomic E-state index is 9.76. The molecule has 0 unspecified atom stereocenters. The number of hydrogen-bond acceptors (Lipinski definition) is 7. The van der Waals surface area contributed by atoms with E-state index in [0.29, 0.717) is 12.2 Å². The molecular weight excluding hydrogens is 456 g/mol. The highest BCUT2D eigenvalue weighted by molar-refractivity contribution is 5.72. The van der Waals surface area contributed by atoms with Crippen molar-refractivity contribution in [3.63, 3.8) is 0 Å². The molecule has 0 amide bonds. The molecule has 36 heavy (non-hydrogen) atoms. The molecule has 4 aromatic rings. The number of nitrogens with zero attached hydrogens (tertiary/aromatic N) is 5. The van der Waals surface area contributed by atoms with Crippen LogP contribution in [0, 0.1) is 17.2 Å². The van der Waals surface area contributed by atoms with E-state index in [0.717, 1.165) is 48.4 Å². The van der Waals surface area contributed by atoms with Gasteiger partial charge in [-0.15, -0.1) is 5.10 Å². The quantitative estimate of drug-likeness (QED) is 0.425. The number of aromatic nitrogens is 3. The molecule has 2 aliphatic rings. The van der Waals surface area contributed by atoms with Crippen LogP contribution in [0.15, 0.2) is 66.7 Å². The summed E-state index contributed by atoms with van der Waals surface area (Å²) in [5, 5.41) is 21.2. The molecule has 0 atom stereocenters. The third kappa shape index (κ3) is 5.29. The van der Waals surface area contributed by atoms with Gasteiger partial charge in [-0.3, -0.25) is 4.79 Å². The first-order chi connectivity index (χ1) is 17.5. The number of carboxylic acid groups (broad SMARTS) is 1. The molecule has 0 radical (unpaired) electrons. The lowest BCUT2D eigenvalue weighted by molar-refractivity contribution is -0.138. The molecule has 1 saturated carbocycles. The minimum atomic E-state index is -0.630. The topological polar surface area (TPSA) is 130 Å². The molecule has 9 heteroatoms. The van der Waals surface area contributed by atoms with Gasteiger partial charge in [-0.25, -0.2) is 4.52 Å². The van der Waals surface area contributed by atoms with Gasteiger partial charge in [-0.1, -0.05) is 30.3 Å². The van der Waals surface area contributed by atoms with Crippen molar-refractivity contribution in [2.45, 2.75) is 25.6 Å². The highest BCUT2D eigenvalue weighted by Crippen LogP contribution is 2.28. The minimum absolute atomic E-state index is 0.0185. The highest BCUT2D eigenvalue weighted by atomic mass is 16.5. The Hall–Kier alpha value is -4.42. The molecule has 1 saturated heterocycles. The van der Waals surface area contributed by atoms with Crippen molar-refractivity contribution in [3.8, 4) is 17.3 Å². The molecule has 6 rings (SSSR count). The number of ether oxygens (including phenoxy) is 1. The van der Waals surface area contributed by atoms with Crippen LogP contribution < -0.4 is 10.6 Å². The number of rotatable bonds is 6. The number of nitrogen functional groups attached to an aromatic ring is 1. The molecule has 0 spiro atoms. The van der Waals surface area contributed by atoms with Gasteiger partial charge in [0.15, 0.2) is 5.65 Å². The van der Waals surface area contributed by atoms with Gasteiger partial charge in [-0.2, -0.15) is 10.2 Å². The van der Waals surface area contributed by atoms with Crippen LogP contribution >= 0.6 is 0 Å². The van der Waals surface area contributed by atoms with Crippen molar-refractivity contribution in [2.75, 3.05) is 23.7 Å². The van der Waals surface area contributed by atoms with Crippen LogP contribution in [0.25, 0.3) is 16.9 Å². The Kier molecular flexibility index (Phi) is 6.52. The van der Waals surface area contributed by atoms with Crippen molar-refractivity contribution in [2.24, 2.45) is 5.92 Å². The van der Waals surface area contributed by atoms with E-state index in [1.165, 1.54) is 5.69 Å². The number of benzene rings is 2. The Morgan fingerprint density at radius 3 is 2.42 bits per heavy atom. The van der Waals surface area contributed by atoms with Gasteiger partial charge in [0.1, 0.15) is 0 Å². The second-order valence-electron chi connectivity index (χ2n) is 8.96. The molecule has 0 bridgehead atoms. The normalized spacial score (nSPS) is 15.0. The lowest BCUT2D eigenvalue weighted by Crippen LogP contribution is -2.52. The molecule has 1 aliphatic heterocycles. The molecule has 2 fully saturated rings. The van der Waals surface area contributed by atoms with Crippen LogP contribution in [0.2, 0.25) is 0 Å². The fraction of sp³-hybridized carbons (Fsp3) is 0.259. The van der Waals surface area contributed by atoms with Gasteiger partial charge >= 0.3 is 5.97 Å². The summed E-state index contributed by atoms with van der Waals surface area (Å²) in [5.74, 6) is -0.341. The number of pyridine rings is 1. The van der Waals surface area contributed by atoms with Crippen molar-refractivity contribution < 1.29 is 14.6 Å². The van der Waals surface area contributed by atoms with Crippen LogP contribution in [-0.2, 0) is 16.1 Å². The number of aliphatic carboxylic acids is 1. The van der Waals surface area contributed by atoms with E-state index < -0.39 is 5.97 Å². The van der Waals surface area contributed by atoms with Gasteiger partial charge in [0, 0.05) is 24.3 Å². The van der Waals surface area contributed by atoms with E-state index in [9.17, 15) is 4.79 Å². The first-order valence-corrected chi connectivity index (χ1v) is 11.8. The highest BCUT2D eigenvalue weighted by Gasteiger charge is 2.29. The largest absolute Gasteiger partial charge is 0.481 e. The number of nitriles is 1. The minimum Gasteiger partial charge on any atom is -0.481 e. The summed E-state index contributed by atoms with van der Waals surface area (Å²) in [6.45, 7) is 2.30. The summed E-state index contributed by atoms with van der Waals surface area (Å²) in [4.78, 5) is 16.3. The summed E-state index contributed by atoms with van der Waals surface area (Å²) in [6, 6.07) is 23.9. The zero-order chi connectivity index (χ0) is 25.1. The Labute approximate surface area is 208 Å². The van der Waals surface area contributed by atoms with Crippen molar-refractivity contribution >= 4 is 23.3 Å². The molecule has 182 valence electrons. The monoisotopic (exact) mass is 482 g/mol. The molecule has 2 aromatic carbocycles. The summed E-state index contributed by atoms with van der Waals surface area (Å²) in [6.07, 6.45) is 2.01. The Morgan fingerprint density at radius 1 is 1.08 bits per heavy atom. The lowest BCUT2D eigenvalue weighted by atomic mass is 10.1. The second-order valence-corrected chi connectivity index (χ2v) is 8.96. The van der Waals surface area contributed by atoms with Crippen LogP contribution in [0.5, 0.6) is 0 Å². The molecule has 9 nitrogen and oxygen atoms in total. The number of fused-ring (bicyclic) bond motifs is 1. The van der Waals surface area contributed by atoms with Crippen LogP contribution in [0.3, 0.4) is 0 Å². The maximum Gasteiger partial charge on any atom is 0.306 e. The van der Waals surface area contributed by atoms with E-state index in [1.807, 2.05) is 42.5 Å². The van der Waals surface area contributed by atoms with Crippen LogP contribution in [-0.4, -0.2) is 44.9 Å². The lowest BCUT2D eigenvalue weighted by Gasteiger charge is -2.40. The average molecular weight is 483 g/mol. The number of hydrogen-bond donors (Lipinski definition) is 2. The Balaban J connectivity index is 0.000000391. The Bertz CT molecular complexity index is 1400. The first-order valence-electron chi connectivity index (χ1n) is 11.8. The summed E-state index contributed by atoms with van der Waals surface area (Å²) in [5.41, 5.74) is 11.4. The van der Waals surface area contributed by atoms with E-state index in [1.54, 1.807) is 4.52 Å². The second kappa shape index (κ2) is 10.1. The number of anilines is 2. The number of nitrogens with two attached hydrogens (primary N) is 1. The van der Waals surface area contributed by atoms with Gasteiger partial charge in [0.05, 0.1) is 36.0 Å². The fourth-order valence-corrected chi connectivity index (χ4v) is 3.96. The zero-order valence-electron chi connectivity index (χ0n) is 19.6. The summed E-state index contributed by atoms with van der Waals surface area (Å²) < 4.78 is 7.74. The predicted octanol–water partition coefficient (Wildman–Crippen LogP) is 3.74. The van der Waals surface area contributed by atoms with E-state index in [2.05, 4.69) is 45.3 Å². The maximum atomic E-state index is 9.76. The standard InChI is InChI=1S/C23H20N6O.C4H6O2/c24-12-16-4-6-17(7-5-16)15-30-20-13-28(14-20)19-10-8-18(9-11-19)21-2-1-3-22-26-23(25)27-29(21)22;5-4(6)3-1-2-3/h1-11,20H,13-15H2,(H2,25,27);3H,1-2H2,(H,5,6). The predicted molar refractivity (Wildman–Crippen MR) is 135 cm³/mol. The van der Waals surface area contributed by atoms with Crippen LogP contribution in [0.1, 0.15) is 24.0 Å². The van der Waals surface area contributed by atoms with Gasteiger partial charge < -0.3 is 20.5 Å². The van der Waals surface area contributed by atoms with E-state index >= 15 is 0 Å². The first kappa shape index (κ1) is 23.3. The third-order valence-corrected chi connectivity index (χ3v) is 6.25. The van der Waals surface area contributed by atoms with Crippen LogP contribution in [0.4, 0.5) is 11.6 Å². The van der Waals surface area contributed by atoms with Crippen molar-refractivity contribution in [1.82, 2.24) is 14.6 Å². The smallest absolute Gasteiger partial charge is 0.306 e. The molecule has 3 N–H and O–H groups in total. The number of carboxylic acids is 1.